The Hall–Kier alpha value is -3.70. The minimum absolute atomic E-state index is 0. The van der Waals surface area contributed by atoms with Gasteiger partial charge in [0.15, 0.2) is 0 Å². The smallest absolute Gasteiger partial charge is 0.388 e. The van der Waals surface area contributed by atoms with Crippen LogP contribution in [-0.4, -0.2) is 38.0 Å². The molecule has 0 saturated heterocycles. The van der Waals surface area contributed by atoms with Gasteiger partial charge in [-0.3, -0.25) is 4.70 Å². The normalized spacial score (nSPS) is 13.2. The fraction of sp³-hybridized carbons (Fsp3) is 0.250. The van der Waals surface area contributed by atoms with Crippen LogP contribution in [0.25, 0.3) is 33.4 Å². The van der Waals surface area contributed by atoms with Gasteiger partial charge < -0.3 is 14.5 Å². The van der Waals surface area contributed by atoms with Crippen molar-refractivity contribution >= 4 is 11.0 Å². The first kappa shape index (κ1) is 21.5. The third-order valence-electron chi connectivity index (χ3n) is 4.95. The second-order valence-corrected chi connectivity index (χ2v) is 6.80. The molecule has 5 rings (SSSR count). The number of aromatic amines is 1. The van der Waals surface area contributed by atoms with E-state index in [2.05, 4.69) is 24.8 Å². The topological polar surface area (TPSA) is 77.9 Å². The molecule has 7 nitrogen and oxygen atoms in total. The first-order valence-electron chi connectivity index (χ1n) is 9.43. The number of nitrogens with one attached hydrogen (secondary N) is 1. The summed E-state index contributed by atoms with van der Waals surface area (Å²) < 4.78 is 65.6. The molecule has 12 heteroatoms. The summed E-state index contributed by atoms with van der Waals surface area (Å²) >= 11 is 0. The molecular weight excluding hydrogens is 437 g/mol. The Kier molecular flexibility index (Phi) is 5.68. The van der Waals surface area contributed by atoms with E-state index in [9.17, 15) is 17.6 Å². The molecular formula is C20H18F5N5O2. The van der Waals surface area contributed by atoms with E-state index in [4.69, 9.17) is 4.74 Å². The van der Waals surface area contributed by atoms with Gasteiger partial charge in [0.2, 0.25) is 11.8 Å². The third kappa shape index (κ3) is 3.51. The van der Waals surface area contributed by atoms with Crippen LogP contribution in [0.3, 0.4) is 0 Å². The molecule has 1 aliphatic heterocycles. The number of alkyl halides is 4. The van der Waals surface area contributed by atoms with Crippen LogP contribution in [-0.2, 0) is 6.54 Å². The number of pyridine rings is 2. The number of ether oxygens (including phenoxy) is 2. The van der Waals surface area contributed by atoms with Crippen LogP contribution in [0.15, 0.2) is 36.7 Å². The van der Waals surface area contributed by atoms with Crippen molar-refractivity contribution in [3.8, 4) is 34.1 Å². The van der Waals surface area contributed by atoms with Crippen LogP contribution in [0.4, 0.5) is 22.3 Å². The third-order valence-corrected chi connectivity index (χ3v) is 4.95. The Bertz CT molecular complexity index is 1260. The van der Waals surface area contributed by atoms with E-state index in [1.807, 2.05) is 0 Å². The maximum Gasteiger partial charge on any atom is 0.388 e. The van der Waals surface area contributed by atoms with Crippen molar-refractivity contribution in [3.05, 3.63) is 42.4 Å². The minimum Gasteiger partial charge on any atom is -0.477 e. The maximum atomic E-state index is 13.9. The number of halogens is 5. The zero-order valence-corrected chi connectivity index (χ0v) is 16.3. The number of aryl methyl sites for hydroxylation is 1. The highest BCUT2D eigenvalue weighted by molar-refractivity contribution is 6.04. The SMILES string of the molecule is F.FC(F)Oc1ncccc1-c1c(-c2c(C(F)F)nn3c2OCCC3)[nH]c2ncccc12.[HH]. The van der Waals surface area contributed by atoms with Crippen LogP contribution in [0.1, 0.15) is 20.0 Å². The molecule has 0 saturated carbocycles. The van der Waals surface area contributed by atoms with Crippen molar-refractivity contribution in [2.24, 2.45) is 0 Å². The lowest BCUT2D eigenvalue weighted by atomic mass is 9.99. The lowest BCUT2D eigenvalue weighted by Crippen LogP contribution is -2.15. The van der Waals surface area contributed by atoms with Crippen molar-refractivity contribution in [2.75, 3.05) is 6.61 Å². The molecule has 0 spiro atoms. The lowest BCUT2D eigenvalue weighted by Gasteiger charge is -2.16. The van der Waals surface area contributed by atoms with Gasteiger partial charge in [0, 0.05) is 43.3 Å². The van der Waals surface area contributed by atoms with Crippen LogP contribution in [0.2, 0.25) is 0 Å². The number of hydrogen-bond acceptors (Lipinski definition) is 5. The highest BCUT2D eigenvalue weighted by Gasteiger charge is 2.32. The molecule has 32 heavy (non-hydrogen) atoms. The molecule has 4 aromatic rings. The molecule has 0 fully saturated rings. The first-order chi connectivity index (χ1) is 15.0. The van der Waals surface area contributed by atoms with E-state index in [0.717, 1.165) is 0 Å². The molecule has 170 valence electrons. The summed E-state index contributed by atoms with van der Waals surface area (Å²) in [7, 11) is 0. The van der Waals surface area contributed by atoms with E-state index < -0.39 is 18.7 Å². The summed E-state index contributed by atoms with van der Waals surface area (Å²) in [5.41, 5.74) is 0.751. The Labute approximate surface area is 178 Å². The predicted molar refractivity (Wildman–Crippen MR) is 107 cm³/mol. The number of rotatable bonds is 5. The van der Waals surface area contributed by atoms with Crippen LogP contribution >= 0.6 is 0 Å². The molecule has 1 aliphatic rings. The van der Waals surface area contributed by atoms with E-state index in [-0.39, 0.29) is 34.7 Å². The molecule has 4 aromatic heterocycles. The molecule has 0 bridgehead atoms. The largest absolute Gasteiger partial charge is 0.477 e. The van der Waals surface area contributed by atoms with E-state index in [1.165, 1.54) is 23.1 Å². The second kappa shape index (κ2) is 8.44. The maximum absolute atomic E-state index is 13.9. The van der Waals surface area contributed by atoms with Gasteiger partial charge in [0.1, 0.15) is 11.3 Å². The molecule has 1 N–H and O–H groups in total. The van der Waals surface area contributed by atoms with Gasteiger partial charge in [0.25, 0.3) is 6.43 Å². The molecule has 0 aliphatic carbocycles. The molecule has 0 aromatic carbocycles. The van der Waals surface area contributed by atoms with Gasteiger partial charge in [-0.05, 0) is 24.3 Å². The van der Waals surface area contributed by atoms with Gasteiger partial charge in [-0.25, -0.2) is 23.4 Å². The van der Waals surface area contributed by atoms with E-state index in [0.29, 0.717) is 36.2 Å². The predicted octanol–water partition coefficient (Wildman–Crippen LogP) is 5.21. The number of hydrogen-bond donors (Lipinski definition) is 1. The average molecular weight is 455 g/mol. The molecule has 0 unspecified atom stereocenters. The fourth-order valence-electron chi connectivity index (χ4n) is 3.78. The van der Waals surface area contributed by atoms with Crippen molar-refractivity contribution < 1.29 is 33.2 Å². The highest BCUT2D eigenvalue weighted by Crippen LogP contribution is 2.47. The van der Waals surface area contributed by atoms with E-state index in [1.54, 1.807) is 18.2 Å². The lowest BCUT2D eigenvalue weighted by molar-refractivity contribution is -0.0524. The quantitative estimate of drug-likeness (QED) is 0.418. The Morgan fingerprint density at radius 1 is 1.09 bits per heavy atom. The molecule has 0 amide bonds. The van der Waals surface area contributed by atoms with Crippen LogP contribution < -0.4 is 9.47 Å². The minimum atomic E-state index is -3.11. The van der Waals surface area contributed by atoms with Crippen LogP contribution in [0, 0.1) is 0 Å². The number of nitrogens with zero attached hydrogens (tertiary/aromatic N) is 4. The fourth-order valence-corrected chi connectivity index (χ4v) is 3.78. The van der Waals surface area contributed by atoms with Gasteiger partial charge in [-0.2, -0.15) is 13.9 Å². The molecule has 0 radical (unpaired) electrons. The second-order valence-electron chi connectivity index (χ2n) is 6.80. The Morgan fingerprint density at radius 2 is 1.88 bits per heavy atom. The zero-order chi connectivity index (χ0) is 21.5. The summed E-state index contributed by atoms with van der Waals surface area (Å²) in [5.74, 6) is -0.140. The van der Waals surface area contributed by atoms with Crippen molar-refractivity contribution in [1.29, 1.82) is 0 Å². The van der Waals surface area contributed by atoms with Gasteiger partial charge in [-0.1, -0.05) is 0 Å². The van der Waals surface area contributed by atoms with Crippen LogP contribution in [0.5, 0.6) is 11.8 Å². The Morgan fingerprint density at radius 3 is 2.66 bits per heavy atom. The Balaban J connectivity index is 0.00000153. The summed E-state index contributed by atoms with van der Waals surface area (Å²) in [4.78, 5) is 11.2. The summed E-state index contributed by atoms with van der Waals surface area (Å²) in [5, 5.41) is 4.57. The van der Waals surface area contributed by atoms with Gasteiger partial charge in [0.05, 0.1) is 17.9 Å². The molecule has 5 heterocycles. The van der Waals surface area contributed by atoms with Gasteiger partial charge in [-0.15, -0.1) is 0 Å². The monoisotopic (exact) mass is 455 g/mol. The standard InChI is InChI=1S/C20H15F4N5O2.FH.H2/c21-16(22)15-13(19-29(28-15)8-3-9-30-19)14-12(10-4-1-6-25-17(10)27-14)11-5-2-7-26-18(11)31-20(23)24;;/h1-2,4-7,16,20H,3,8-9H2,(H,25,27);2*1H. The zero-order valence-electron chi connectivity index (χ0n) is 16.3. The van der Waals surface area contributed by atoms with Crippen molar-refractivity contribution in [3.63, 3.8) is 0 Å². The summed E-state index contributed by atoms with van der Waals surface area (Å²) in [6.07, 6.45) is 0.593. The van der Waals surface area contributed by atoms with Crippen molar-refractivity contribution in [1.82, 2.24) is 24.7 Å². The highest BCUT2D eigenvalue weighted by atomic mass is 19.3. The van der Waals surface area contributed by atoms with Crippen molar-refractivity contribution in [2.45, 2.75) is 26.0 Å². The molecule has 0 atom stereocenters. The number of aromatic nitrogens is 5. The number of fused-ring (bicyclic) bond motifs is 2. The van der Waals surface area contributed by atoms with E-state index >= 15 is 0 Å². The first-order valence-corrected chi connectivity index (χ1v) is 9.43. The summed E-state index contributed by atoms with van der Waals surface area (Å²) in [6.45, 7) is -2.33. The number of H-pyrrole nitrogens is 1. The van der Waals surface area contributed by atoms with Gasteiger partial charge >= 0.3 is 6.61 Å². The summed E-state index contributed by atoms with van der Waals surface area (Å²) in [6, 6.07) is 6.44. The average Bonchev–Trinajstić information content (AvgIpc) is 3.32.